The summed E-state index contributed by atoms with van der Waals surface area (Å²) in [7, 11) is 1.31. The topological polar surface area (TPSA) is 122 Å². The van der Waals surface area contributed by atoms with Crippen LogP contribution < -0.4 is 4.74 Å². The second-order valence-electron chi connectivity index (χ2n) is 4.44. The molecule has 0 saturated heterocycles. The number of Topliss-reactive ketones (excluding diaryl/α,β-unsaturated/α-hetero) is 1. The van der Waals surface area contributed by atoms with E-state index in [1.807, 2.05) is 0 Å². The van der Waals surface area contributed by atoms with E-state index in [2.05, 4.69) is 0 Å². The highest BCUT2D eigenvalue weighted by Gasteiger charge is 2.40. The molecule has 0 radical (unpaired) electrons. The number of ketones is 1. The maximum atomic E-state index is 12.6. The molecule has 0 spiro atoms. The first-order chi connectivity index (χ1) is 11.4. The molecule has 24 heavy (non-hydrogen) atoms. The van der Waals surface area contributed by atoms with E-state index >= 15 is 0 Å². The molecule has 9 nitrogen and oxygen atoms in total. The fourth-order valence-electron chi connectivity index (χ4n) is 1.92. The van der Waals surface area contributed by atoms with Crippen molar-refractivity contribution in [3.8, 4) is 5.75 Å². The van der Waals surface area contributed by atoms with Crippen LogP contribution in [0.2, 0.25) is 0 Å². The molecule has 1 aromatic rings. The first-order valence-corrected chi connectivity index (χ1v) is 7.07. The van der Waals surface area contributed by atoms with E-state index < -0.39 is 39.8 Å². The molecule has 130 valence electrons. The fraction of sp³-hybridized carbons (Fsp3) is 0.400. The molecule has 0 aromatic heterocycles. The average Bonchev–Trinajstić information content (AvgIpc) is 2.54. The van der Waals surface area contributed by atoms with E-state index in [0.717, 1.165) is 12.1 Å². The SMILES string of the molecule is CCOC(=O)C(C(=O)OCC)C(=O)c1cc(OC)ccc1[N+](=O)[O-]. The monoisotopic (exact) mass is 339 g/mol. The molecule has 1 aromatic carbocycles. The first-order valence-electron chi connectivity index (χ1n) is 7.07. The molecular formula is C15H17NO8. The van der Waals surface area contributed by atoms with Gasteiger partial charge < -0.3 is 14.2 Å². The number of esters is 2. The van der Waals surface area contributed by atoms with Gasteiger partial charge in [0, 0.05) is 6.07 Å². The third-order valence-corrected chi connectivity index (χ3v) is 2.97. The van der Waals surface area contributed by atoms with Crippen molar-refractivity contribution in [1.29, 1.82) is 0 Å². The van der Waals surface area contributed by atoms with Crippen LogP contribution in [0.5, 0.6) is 5.75 Å². The minimum Gasteiger partial charge on any atom is -0.497 e. The molecule has 0 aliphatic carbocycles. The molecule has 0 amide bonds. The lowest BCUT2D eigenvalue weighted by molar-refractivity contribution is -0.385. The number of methoxy groups -OCH3 is 1. The minimum atomic E-state index is -1.93. The lowest BCUT2D eigenvalue weighted by Gasteiger charge is -2.14. The van der Waals surface area contributed by atoms with Gasteiger partial charge in [-0.15, -0.1) is 0 Å². The van der Waals surface area contributed by atoms with Gasteiger partial charge in [-0.1, -0.05) is 0 Å². The predicted octanol–water partition coefficient (Wildman–Crippen LogP) is 1.53. The molecule has 0 N–H and O–H groups in total. The number of hydrogen-bond acceptors (Lipinski definition) is 8. The number of carbonyl (C=O) groups excluding carboxylic acids is 3. The highest BCUT2D eigenvalue weighted by molar-refractivity contribution is 6.22. The van der Waals surface area contributed by atoms with Gasteiger partial charge in [0.15, 0.2) is 5.78 Å². The standard InChI is InChI=1S/C15H17NO8/c1-4-23-14(18)12(15(19)24-5-2)13(17)10-8-9(22-3)6-7-11(10)16(20)21/h6-8,12H,4-5H2,1-3H3. The van der Waals surface area contributed by atoms with Gasteiger partial charge >= 0.3 is 11.9 Å². The first kappa shape index (κ1) is 19.1. The molecule has 1 rings (SSSR count). The van der Waals surface area contributed by atoms with Crippen molar-refractivity contribution < 1.29 is 33.5 Å². The van der Waals surface area contributed by atoms with Crippen LogP contribution in [0.3, 0.4) is 0 Å². The Labute approximate surface area is 137 Å². The summed E-state index contributed by atoms with van der Waals surface area (Å²) in [6, 6.07) is 3.43. The summed E-state index contributed by atoms with van der Waals surface area (Å²) in [6.07, 6.45) is 0. The Bertz CT molecular complexity index is 637. The molecule has 0 heterocycles. The van der Waals surface area contributed by atoms with Crippen LogP contribution >= 0.6 is 0 Å². The third-order valence-electron chi connectivity index (χ3n) is 2.97. The Morgan fingerprint density at radius 2 is 1.67 bits per heavy atom. The van der Waals surface area contributed by atoms with Crippen molar-refractivity contribution in [2.45, 2.75) is 13.8 Å². The van der Waals surface area contributed by atoms with E-state index in [0.29, 0.717) is 0 Å². The van der Waals surface area contributed by atoms with Gasteiger partial charge in [0.05, 0.1) is 25.2 Å². The molecule has 0 fully saturated rings. The summed E-state index contributed by atoms with van der Waals surface area (Å²) >= 11 is 0. The number of nitrogens with zero attached hydrogens (tertiary/aromatic N) is 1. The molecular weight excluding hydrogens is 322 g/mol. The molecule has 0 aliphatic rings. The van der Waals surface area contributed by atoms with Crippen LogP contribution in [0.1, 0.15) is 24.2 Å². The Kier molecular flexibility index (Phi) is 6.84. The summed E-state index contributed by atoms with van der Waals surface area (Å²) in [6.45, 7) is 2.86. The van der Waals surface area contributed by atoms with Gasteiger partial charge in [-0.05, 0) is 26.0 Å². The summed E-state index contributed by atoms with van der Waals surface area (Å²) in [5.74, 6) is -5.11. The Hall–Kier alpha value is -2.97. The molecule has 0 atom stereocenters. The molecule has 9 heteroatoms. The van der Waals surface area contributed by atoms with Crippen LogP contribution in [0, 0.1) is 16.0 Å². The van der Waals surface area contributed by atoms with E-state index in [9.17, 15) is 24.5 Å². The molecule has 0 unspecified atom stereocenters. The minimum absolute atomic E-state index is 0.0672. The van der Waals surface area contributed by atoms with Crippen molar-refractivity contribution in [3.05, 3.63) is 33.9 Å². The Morgan fingerprint density at radius 3 is 2.08 bits per heavy atom. The summed E-state index contributed by atoms with van der Waals surface area (Å²) < 4.78 is 14.3. The van der Waals surface area contributed by atoms with E-state index in [4.69, 9.17) is 14.2 Å². The molecule has 0 saturated carbocycles. The summed E-state index contributed by atoms with van der Waals surface area (Å²) in [5.41, 5.74) is -0.996. The van der Waals surface area contributed by atoms with Crippen molar-refractivity contribution >= 4 is 23.4 Å². The number of hydrogen-bond donors (Lipinski definition) is 0. The average molecular weight is 339 g/mol. The lowest BCUT2D eigenvalue weighted by Crippen LogP contribution is -2.35. The van der Waals surface area contributed by atoms with Gasteiger partial charge in [0.1, 0.15) is 11.3 Å². The van der Waals surface area contributed by atoms with Crippen LogP contribution in [0.15, 0.2) is 18.2 Å². The number of carbonyl (C=O) groups is 3. The van der Waals surface area contributed by atoms with Crippen LogP contribution in [-0.4, -0.2) is 43.0 Å². The predicted molar refractivity (Wildman–Crippen MR) is 80.7 cm³/mol. The Balaban J connectivity index is 3.38. The maximum Gasteiger partial charge on any atom is 0.328 e. The van der Waals surface area contributed by atoms with E-state index in [-0.39, 0.29) is 19.0 Å². The van der Waals surface area contributed by atoms with E-state index in [1.165, 1.54) is 27.0 Å². The second kappa shape index (κ2) is 8.61. The van der Waals surface area contributed by atoms with Gasteiger partial charge in [-0.2, -0.15) is 0 Å². The maximum absolute atomic E-state index is 12.6. The number of ether oxygens (including phenoxy) is 3. The zero-order chi connectivity index (χ0) is 18.3. The number of rotatable bonds is 8. The van der Waals surface area contributed by atoms with Gasteiger partial charge in [0.2, 0.25) is 5.92 Å². The zero-order valence-electron chi connectivity index (χ0n) is 13.4. The van der Waals surface area contributed by atoms with Gasteiger partial charge in [-0.3, -0.25) is 24.5 Å². The van der Waals surface area contributed by atoms with Crippen LogP contribution in [-0.2, 0) is 19.1 Å². The number of benzene rings is 1. The van der Waals surface area contributed by atoms with Crippen molar-refractivity contribution in [1.82, 2.24) is 0 Å². The quantitative estimate of drug-likeness (QED) is 0.230. The molecule has 0 aliphatic heterocycles. The fourth-order valence-corrected chi connectivity index (χ4v) is 1.92. The Morgan fingerprint density at radius 1 is 1.12 bits per heavy atom. The zero-order valence-corrected chi connectivity index (χ0v) is 13.4. The molecule has 0 bridgehead atoms. The largest absolute Gasteiger partial charge is 0.497 e. The second-order valence-corrected chi connectivity index (χ2v) is 4.44. The van der Waals surface area contributed by atoms with Crippen LogP contribution in [0.4, 0.5) is 5.69 Å². The highest BCUT2D eigenvalue weighted by atomic mass is 16.6. The van der Waals surface area contributed by atoms with Crippen LogP contribution in [0.25, 0.3) is 0 Å². The summed E-state index contributed by atoms with van der Waals surface area (Å²) in [4.78, 5) is 46.9. The summed E-state index contributed by atoms with van der Waals surface area (Å²) in [5, 5.41) is 11.1. The lowest BCUT2D eigenvalue weighted by atomic mass is 9.96. The van der Waals surface area contributed by atoms with Crippen molar-refractivity contribution in [2.75, 3.05) is 20.3 Å². The van der Waals surface area contributed by atoms with Crippen molar-refractivity contribution in [2.24, 2.45) is 5.92 Å². The van der Waals surface area contributed by atoms with Gasteiger partial charge in [-0.25, -0.2) is 0 Å². The third kappa shape index (κ3) is 4.28. The smallest absolute Gasteiger partial charge is 0.328 e. The van der Waals surface area contributed by atoms with Crippen molar-refractivity contribution in [3.63, 3.8) is 0 Å². The highest BCUT2D eigenvalue weighted by Crippen LogP contribution is 2.27. The van der Waals surface area contributed by atoms with E-state index in [1.54, 1.807) is 0 Å². The number of nitro groups is 1. The normalized spacial score (nSPS) is 10.2. The number of nitro benzene ring substituents is 1. The van der Waals surface area contributed by atoms with Gasteiger partial charge in [0.25, 0.3) is 5.69 Å².